The molecule has 0 aliphatic rings. The Kier molecular flexibility index (Phi) is 6.74. The number of carboxylic acids is 1. The van der Waals surface area contributed by atoms with Crippen molar-refractivity contribution >= 4 is 16.8 Å². The SMILES string of the molecule is CC(CCC(=O)O)NCC(C)S(C)=O. The number of hydrogen-bond acceptors (Lipinski definition) is 3. The van der Waals surface area contributed by atoms with Gasteiger partial charge in [-0.15, -0.1) is 0 Å². The maximum absolute atomic E-state index is 11.0. The molecule has 0 aromatic heterocycles. The van der Waals surface area contributed by atoms with Gasteiger partial charge in [-0.05, 0) is 20.3 Å². The van der Waals surface area contributed by atoms with Crippen molar-refractivity contribution in [3.63, 3.8) is 0 Å². The van der Waals surface area contributed by atoms with Gasteiger partial charge in [0, 0.05) is 41.3 Å². The molecule has 0 rings (SSSR count). The third kappa shape index (κ3) is 7.03. The van der Waals surface area contributed by atoms with Gasteiger partial charge in [0.05, 0.1) is 0 Å². The summed E-state index contributed by atoms with van der Waals surface area (Å²) in [7, 11) is -0.818. The summed E-state index contributed by atoms with van der Waals surface area (Å²) in [4.78, 5) is 10.3. The second kappa shape index (κ2) is 6.95. The van der Waals surface area contributed by atoms with Gasteiger partial charge in [-0.3, -0.25) is 9.00 Å². The van der Waals surface area contributed by atoms with Crippen LogP contribution < -0.4 is 5.32 Å². The highest BCUT2D eigenvalue weighted by Crippen LogP contribution is 1.97. The molecular formula is C9H19NO3S. The minimum absolute atomic E-state index is 0.113. The Labute approximate surface area is 87.5 Å². The average molecular weight is 221 g/mol. The second-order valence-corrected chi connectivity index (χ2v) is 5.35. The first-order valence-corrected chi connectivity index (χ1v) is 6.33. The molecule has 3 atom stereocenters. The van der Waals surface area contributed by atoms with Crippen molar-refractivity contribution in [2.75, 3.05) is 12.8 Å². The zero-order chi connectivity index (χ0) is 11.1. The zero-order valence-electron chi connectivity index (χ0n) is 8.95. The number of rotatable bonds is 7. The molecule has 0 amide bonds. The number of hydrogen-bond donors (Lipinski definition) is 2. The first kappa shape index (κ1) is 13.6. The summed E-state index contributed by atoms with van der Waals surface area (Å²) >= 11 is 0. The molecule has 0 aromatic carbocycles. The lowest BCUT2D eigenvalue weighted by Crippen LogP contribution is -2.34. The minimum Gasteiger partial charge on any atom is -0.481 e. The normalized spacial score (nSPS) is 17.4. The molecule has 0 spiro atoms. The van der Waals surface area contributed by atoms with Crippen LogP contribution >= 0.6 is 0 Å². The van der Waals surface area contributed by atoms with Crippen LogP contribution in [0.4, 0.5) is 0 Å². The Morgan fingerprint density at radius 1 is 1.50 bits per heavy atom. The van der Waals surface area contributed by atoms with Crippen molar-refractivity contribution in [3.05, 3.63) is 0 Å². The molecule has 0 aliphatic carbocycles. The largest absolute Gasteiger partial charge is 0.481 e. The van der Waals surface area contributed by atoms with Gasteiger partial charge in [0.25, 0.3) is 0 Å². The molecule has 0 aromatic rings. The standard InChI is InChI=1S/C9H19NO3S/c1-7(4-5-9(11)12)10-6-8(2)14(3)13/h7-8,10H,4-6H2,1-3H3,(H,11,12). The van der Waals surface area contributed by atoms with Crippen LogP contribution in [0, 0.1) is 0 Å². The lowest BCUT2D eigenvalue weighted by Gasteiger charge is -2.15. The highest BCUT2D eigenvalue weighted by molar-refractivity contribution is 7.84. The number of aliphatic carboxylic acids is 1. The first-order valence-electron chi connectivity index (χ1n) is 4.71. The molecule has 2 N–H and O–H groups in total. The highest BCUT2D eigenvalue weighted by Gasteiger charge is 2.09. The number of nitrogens with one attached hydrogen (secondary N) is 1. The van der Waals surface area contributed by atoms with Crippen molar-refractivity contribution in [2.24, 2.45) is 0 Å². The van der Waals surface area contributed by atoms with Crippen LogP contribution in [0.5, 0.6) is 0 Å². The van der Waals surface area contributed by atoms with E-state index >= 15 is 0 Å². The fourth-order valence-electron chi connectivity index (χ4n) is 0.927. The van der Waals surface area contributed by atoms with E-state index in [-0.39, 0.29) is 17.7 Å². The van der Waals surface area contributed by atoms with Crippen molar-refractivity contribution in [3.8, 4) is 0 Å². The van der Waals surface area contributed by atoms with E-state index in [0.717, 1.165) is 0 Å². The first-order chi connectivity index (χ1) is 6.43. The van der Waals surface area contributed by atoms with Gasteiger partial charge in [0.15, 0.2) is 0 Å². The summed E-state index contributed by atoms with van der Waals surface area (Å²) in [5.74, 6) is -0.772. The van der Waals surface area contributed by atoms with Gasteiger partial charge < -0.3 is 10.4 Å². The Hall–Kier alpha value is -0.420. The molecule has 0 fully saturated rings. The van der Waals surface area contributed by atoms with Crippen LogP contribution in [0.2, 0.25) is 0 Å². The molecule has 0 saturated heterocycles. The van der Waals surface area contributed by atoms with Crippen LogP contribution in [-0.2, 0) is 15.6 Å². The fourth-order valence-corrected chi connectivity index (χ4v) is 1.26. The minimum atomic E-state index is -0.818. The van der Waals surface area contributed by atoms with Crippen LogP contribution in [0.15, 0.2) is 0 Å². The van der Waals surface area contributed by atoms with E-state index in [0.29, 0.717) is 13.0 Å². The van der Waals surface area contributed by atoms with Gasteiger partial charge in [-0.2, -0.15) is 0 Å². The maximum Gasteiger partial charge on any atom is 0.303 e. The summed E-state index contributed by atoms with van der Waals surface area (Å²) in [6, 6.07) is 0.164. The second-order valence-electron chi connectivity index (χ2n) is 3.55. The summed E-state index contributed by atoms with van der Waals surface area (Å²) in [6.07, 6.45) is 2.46. The van der Waals surface area contributed by atoms with E-state index in [2.05, 4.69) is 5.32 Å². The van der Waals surface area contributed by atoms with Crippen molar-refractivity contribution in [1.82, 2.24) is 5.32 Å². The van der Waals surface area contributed by atoms with Crippen molar-refractivity contribution in [1.29, 1.82) is 0 Å². The highest BCUT2D eigenvalue weighted by atomic mass is 32.2. The van der Waals surface area contributed by atoms with E-state index in [1.165, 1.54) is 0 Å². The lowest BCUT2D eigenvalue weighted by atomic mass is 10.2. The van der Waals surface area contributed by atoms with Crippen molar-refractivity contribution in [2.45, 2.75) is 38.0 Å². The topological polar surface area (TPSA) is 66.4 Å². The molecule has 0 radical (unpaired) electrons. The van der Waals surface area contributed by atoms with E-state index in [1.54, 1.807) is 6.26 Å². The molecular weight excluding hydrogens is 202 g/mol. The smallest absolute Gasteiger partial charge is 0.303 e. The summed E-state index contributed by atoms with van der Waals surface area (Å²) < 4.78 is 11.0. The third-order valence-electron chi connectivity index (χ3n) is 2.11. The van der Waals surface area contributed by atoms with Crippen LogP contribution in [0.1, 0.15) is 26.7 Å². The number of carbonyl (C=O) groups is 1. The summed E-state index contributed by atoms with van der Waals surface area (Å²) in [5, 5.41) is 11.7. The quantitative estimate of drug-likeness (QED) is 0.660. The molecule has 0 heterocycles. The van der Waals surface area contributed by atoms with Gasteiger partial charge in [0.1, 0.15) is 0 Å². The van der Waals surface area contributed by atoms with E-state index in [4.69, 9.17) is 5.11 Å². The van der Waals surface area contributed by atoms with Gasteiger partial charge in [-0.25, -0.2) is 0 Å². The van der Waals surface area contributed by atoms with Crippen LogP contribution in [0.3, 0.4) is 0 Å². The van der Waals surface area contributed by atoms with E-state index in [1.807, 2.05) is 13.8 Å². The van der Waals surface area contributed by atoms with Gasteiger partial charge >= 0.3 is 5.97 Å². The summed E-state index contributed by atoms with van der Waals surface area (Å²) in [5.41, 5.74) is 0. The third-order valence-corrected chi connectivity index (χ3v) is 3.41. The molecule has 14 heavy (non-hydrogen) atoms. The Morgan fingerprint density at radius 3 is 2.50 bits per heavy atom. The van der Waals surface area contributed by atoms with Gasteiger partial charge in [-0.1, -0.05) is 0 Å². The molecule has 3 unspecified atom stereocenters. The monoisotopic (exact) mass is 221 g/mol. The Morgan fingerprint density at radius 2 is 2.07 bits per heavy atom. The van der Waals surface area contributed by atoms with Crippen LogP contribution in [0.25, 0.3) is 0 Å². The van der Waals surface area contributed by atoms with Crippen molar-refractivity contribution < 1.29 is 14.1 Å². The Bertz CT molecular complexity index is 208. The molecule has 84 valence electrons. The van der Waals surface area contributed by atoms with Crippen LogP contribution in [-0.4, -0.2) is 39.4 Å². The molecule has 0 aliphatic heterocycles. The van der Waals surface area contributed by atoms with E-state index in [9.17, 15) is 9.00 Å². The zero-order valence-corrected chi connectivity index (χ0v) is 9.76. The molecule has 0 saturated carbocycles. The average Bonchev–Trinajstić information content (AvgIpc) is 2.10. The molecule has 4 nitrogen and oxygen atoms in total. The van der Waals surface area contributed by atoms with E-state index < -0.39 is 16.8 Å². The predicted octanol–water partition coefficient (Wildman–Crippen LogP) is 0.596. The maximum atomic E-state index is 11.0. The number of carboxylic acid groups (broad SMARTS) is 1. The van der Waals surface area contributed by atoms with Gasteiger partial charge in [0.2, 0.25) is 0 Å². The molecule has 0 bridgehead atoms. The fraction of sp³-hybridized carbons (Fsp3) is 0.889. The predicted molar refractivity (Wildman–Crippen MR) is 57.9 cm³/mol. The lowest BCUT2D eigenvalue weighted by molar-refractivity contribution is -0.137. The Balaban J connectivity index is 3.58. The summed E-state index contributed by atoms with van der Waals surface area (Å²) in [6.45, 7) is 4.52. The molecule has 5 heteroatoms.